The maximum atomic E-state index is 6.36. The van der Waals surface area contributed by atoms with Crippen molar-refractivity contribution in [2.24, 2.45) is 0 Å². The molecule has 3 aromatic rings. The number of fused-ring (bicyclic) bond motifs is 1. The van der Waals surface area contributed by atoms with E-state index in [1.807, 2.05) is 16.6 Å². The van der Waals surface area contributed by atoms with E-state index in [4.69, 9.17) is 26.4 Å². The topological polar surface area (TPSA) is 45.9 Å². The van der Waals surface area contributed by atoms with E-state index in [2.05, 4.69) is 40.3 Å². The SMILES string of the molecule is Clc1ccccc1CN1CCC[C@H](c2nc3ccc(N4CCOCC4)cn3n2)C1. The molecule has 29 heavy (non-hydrogen) atoms. The van der Waals surface area contributed by atoms with Crippen LogP contribution in [0.15, 0.2) is 42.6 Å². The van der Waals surface area contributed by atoms with Gasteiger partial charge in [-0.15, -0.1) is 0 Å². The van der Waals surface area contributed by atoms with Crippen molar-refractivity contribution in [2.45, 2.75) is 25.3 Å². The van der Waals surface area contributed by atoms with Crippen molar-refractivity contribution in [1.29, 1.82) is 0 Å². The summed E-state index contributed by atoms with van der Waals surface area (Å²) in [6, 6.07) is 12.3. The van der Waals surface area contributed by atoms with E-state index in [-0.39, 0.29) is 0 Å². The fourth-order valence-corrected chi connectivity index (χ4v) is 4.54. The van der Waals surface area contributed by atoms with E-state index in [1.54, 1.807) is 0 Å². The first kappa shape index (κ1) is 18.9. The minimum absolute atomic E-state index is 0.359. The summed E-state index contributed by atoms with van der Waals surface area (Å²) in [6.45, 7) is 6.35. The van der Waals surface area contributed by atoms with Crippen LogP contribution in [0.25, 0.3) is 5.65 Å². The van der Waals surface area contributed by atoms with Gasteiger partial charge in [0.2, 0.25) is 0 Å². The van der Waals surface area contributed by atoms with Gasteiger partial charge in [0.05, 0.1) is 25.1 Å². The van der Waals surface area contributed by atoms with Crippen molar-refractivity contribution < 1.29 is 4.74 Å². The van der Waals surface area contributed by atoms with Crippen LogP contribution in [-0.2, 0) is 11.3 Å². The predicted octanol–water partition coefficient (Wildman–Crippen LogP) is 3.60. The molecule has 2 aliphatic heterocycles. The second-order valence-electron chi connectivity index (χ2n) is 7.93. The van der Waals surface area contributed by atoms with Crippen molar-refractivity contribution >= 4 is 22.9 Å². The zero-order valence-corrected chi connectivity index (χ0v) is 17.3. The van der Waals surface area contributed by atoms with Gasteiger partial charge in [0.1, 0.15) is 0 Å². The Morgan fingerprint density at radius 1 is 1.07 bits per heavy atom. The summed E-state index contributed by atoms with van der Waals surface area (Å²) in [7, 11) is 0. The highest BCUT2D eigenvalue weighted by Crippen LogP contribution is 2.28. The molecular weight excluding hydrogens is 386 g/mol. The lowest BCUT2D eigenvalue weighted by Gasteiger charge is -2.31. The van der Waals surface area contributed by atoms with Crippen LogP contribution in [0.5, 0.6) is 0 Å². The zero-order chi connectivity index (χ0) is 19.6. The first-order valence-electron chi connectivity index (χ1n) is 10.4. The molecule has 6 nitrogen and oxygen atoms in total. The third-order valence-corrected chi connectivity index (χ3v) is 6.30. The normalized spacial score (nSPS) is 21.0. The Bertz CT molecular complexity index is 984. The number of hydrogen-bond donors (Lipinski definition) is 0. The maximum absolute atomic E-state index is 6.36. The van der Waals surface area contributed by atoms with E-state index in [1.165, 1.54) is 11.3 Å². The summed E-state index contributed by atoms with van der Waals surface area (Å²) in [4.78, 5) is 9.65. The number of aromatic nitrogens is 3. The minimum Gasteiger partial charge on any atom is -0.378 e. The Morgan fingerprint density at radius 3 is 2.79 bits per heavy atom. The number of ether oxygens (including phenoxy) is 1. The van der Waals surface area contributed by atoms with Gasteiger partial charge >= 0.3 is 0 Å². The van der Waals surface area contributed by atoms with Gasteiger partial charge in [0, 0.05) is 37.1 Å². The number of rotatable bonds is 4. The van der Waals surface area contributed by atoms with Crippen LogP contribution in [0, 0.1) is 0 Å². The highest BCUT2D eigenvalue weighted by Gasteiger charge is 2.25. The van der Waals surface area contributed by atoms with E-state index >= 15 is 0 Å². The molecule has 0 saturated carbocycles. The second kappa shape index (κ2) is 8.30. The molecule has 7 heteroatoms. The smallest absolute Gasteiger partial charge is 0.156 e. The molecule has 0 radical (unpaired) electrons. The van der Waals surface area contributed by atoms with Crippen molar-refractivity contribution in [1.82, 2.24) is 19.5 Å². The lowest BCUT2D eigenvalue weighted by atomic mass is 9.97. The first-order chi connectivity index (χ1) is 14.3. The number of morpholine rings is 1. The molecule has 0 unspecified atom stereocenters. The van der Waals surface area contributed by atoms with Crippen LogP contribution < -0.4 is 4.90 Å². The summed E-state index contributed by atoms with van der Waals surface area (Å²) < 4.78 is 7.40. The number of benzene rings is 1. The molecular formula is C22H26ClN5O. The highest BCUT2D eigenvalue weighted by atomic mass is 35.5. The molecule has 0 amide bonds. The second-order valence-corrected chi connectivity index (χ2v) is 8.33. The number of hydrogen-bond acceptors (Lipinski definition) is 5. The summed E-state index contributed by atoms with van der Waals surface area (Å²) in [5, 5.41) is 5.69. The molecule has 2 saturated heterocycles. The number of likely N-dealkylation sites (tertiary alicyclic amines) is 1. The molecule has 0 N–H and O–H groups in total. The number of halogens is 1. The molecule has 0 bridgehead atoms. The van der Waals surface area contributed by atoms with Gasteiger partial charge < -0.3 is 9.64 Å². The van der Waals surface area contributed by atoms with Crippen molar-refractivity contribution in [3.05, 3.63) is 59.0 Å². The fourth-order valence-electron chi connectivity index (χ4n) is 4.35. The Kier molecular flexibility index (Phi) is 5.40. The van der Waals surface area contributed by atoms with Crippen molar-refractivity contribution in [3.63, 3.8) is 0 Å². The lowest BCUT2D eigenvalue weighted by Crippen LogP contribution is -2.36. The molecule has 2 aliphatic rings. The van der Waals surface area contributed by atoms with Crippen LogP contribution in [-0.4, -0.2) is 58.9 Å². The molecule has 1 atom stereocenters. The van der Waals surface area contributed by atoms with E-state index in [9.17, 15) is 0 Å². The molecule has 4 heterocycles. The molecule has 2 fully saturated rings. The van der Waals surface area contributed by atoms with E-state index < -0.39 is 0 Å². The monoisotopic (exact) mass is 411 g/mol. The Labute approximate surface area is 176 Å². The first-order valence-corrected chi connectivity index (χ1v) is 10.8. The van der Waals surface area contributed by atoms with Gasteiger partial charge in [0.25, 0.3) is 0 Å². The summed E-state index contributed by atoms with van der Waals surface area (Å²) in [5.74, 6) is 1.31. The standard InChI is InChI=1S/C22H26ClN5O/c23-20-6-2-1-4-17(20)14-26-9-3-5-18(15-26)22-24-21-8-7-19(16-28(21)25-22)27-10-12-29-13-11-27/h1-2,4,6-8,16,18H,3,5,9-15H2/t18-/m0/s1. The highest BCUT2D eigenvalue weighted by molar-refractivity contribution is 6.31. The number of nitrogens with zero attached hydrogens (tertiary/aromatic N) is 5. The fraction of sp³-hybridized carbons (Fsp3) is 0.455. The van der Waals surface area contributed by atoms with Gasteiger partial charge in [-0.25, -0.2) is 9.50 Å². The minimum atomic E-state index is 0.359. The van der Waals surface area contributed by atoms with Gasteiger partial charge in [-0.05, 0) is 43.1 Å². The summed E-state index contributed by atoms with van der Waals surface area (Å²) in [6.07, 6.45) is 4.39. The quantitative estimate of drug-likeness (QED) is 0.656. The van der Waals surface area contributed by atoms with Crippen LogP contribution in [0.2, 0.25) is 5.02 Å². The summed E-state index contributed by atoms with van der Waals surface area (Å²) in [5.41, 5.74) is 3.29. The number of piperidine rings is 1. The van der Waals surface area contributed by atoms with Crippen LogP contribution in [0.1, 0.15) is 30.1 Å². The van der Waals surface area contributed by atoms with Crippen molar-refractivity contribution in [2.75, 3.05) is 44.3 Å². The van der Waals surface area contributed by atoms with Gasteiger partial charge in [-0.3, -0.25) is 4.90 Å². The third-order valence-electron chi connectivity index (χ3n) is 5.93. The van der Waals surface area contributed by atoms with Crippen LogP contribution in [0.3, 0.4) is 0 Å². The van der Waals surface area contributed by atoms with Gasteiger partial charge in [0.15, 0.2) is 11.5 Å². The molecule has 0 spiro atoms. The molecule has 0 aliphatic carbocycles. The van der Waals surface area contributed by atoms with E-state index in [0.717, 1.165) is 75.3 Å². The van der Waals surface area contributed by atoms with Crippen LogP contribution in [0.4, 0.5) is 5.69 Å². The summed E-state index contributed by atoms with van der Waals surface area (Å²) >= 11 is 6.36. The molecule has 1 aromatic carbocycles. The average Bonchev–Trinajstić information content (AvgIpc) is 3.20. The average molecular weight is 412 g/mol. The Balaban J connectivity index is 1.32. The third kappa shape index (κ3) is 4.10. The molecule has 2 aromatic heterocycles. The van der Waals surface area contributed by atoms with Crippen molar-refractivity contribution in [3.8, 4) is 0 Å². The van der Waals surface area contributed by atoms with E-state index in [0.29, 0.717) is 5.92 Å². The largest absolute Gasteiger partial charge is 0.378 e. The maximum Gasteiger partial charge on any atom is 0.156 e. The van der Waals surface area contributed by atoms with Crippen LogP contribution >= 0.6 is 11.6 Å². The lowest BCUT2D eigenvalue weighted by molar-refractivity contribution is 0.122. The molecule has 152 valence electrons. The number of anilines is 1. The Morgan fingerprint density at radius 2 is 1.93 bits per heavy atom. The molecule has 5 rings (SSSR count). The predicted molar refractivity (Wildman–Crippen MR) is 115 cm³/mol. The Hall–Kier alpha value is -2.15. The number of pyridine rings is 1. The van der Waals surface area contributed by atoms with Gasteiger partial charge in [-0.2, -0.15) is 5.10 Å². The zero-order valence-electron chi connectivity index (χ0n) is 16.5. The van der Waals surface area contributed by atoms with Gasteiger partial charge in [-0.1, -0.05) is 29.8 Å².